The molecule has 3 rings (SSSR count). The van der Waals surface area contributed by atoms with Crippen LogP contribution in [0.1, 0.15) is 18.6 Å². The average Bonchev–Trinajstić information content (AvgIpc) is 2.95. The number of ether oxygens (including phenoxy) is 1. The molecule has 1 fully saturated rings. The van der Waals surface area contributed by atoms with Crippen molar-refractivity contribution in [2.45, 2.75) is 25.4 Å². The fourth-order valence-corrected chi connectivity index (χ4v) is 2.57. The van der Waals surface area contributed by atoms with Crippen LogP contribution in [0.5, 0.6) is 0 Å². The van der Waals surface area contributed by atoms with E-state index in [1.54, 1.807) is 0 Å². The molecule has 1 aromatic heterocycles. The van der Waals surface area contributed by atoms with E-state index in [-0.39, 0.29) is 0 Å². The molecule has 1 aromatic carbocycles. The molecule has 1 aliphatic rings. The van der Waals surface area contributed by atoms with Crippen LogP contribution in [-0.2, 0) is 11.3 Å². The van der Waals surface area contributed by atoms with Gasteiger partial charge in [-0.2, -0.15) is 0 Å². The average molecular weight is 293 g/mol. The largest absolute Gasteiger partial charge is 0.381 e. The Hall–Kier alpha value is -1.36. The van der Waals surface area contributed by atoms with E-state index in [1.807, 2.05) is 30.3 Å². The highest BCUT2D eigenvalue weighted by atomic mass is 35.5. The molecule has 1 N–H and O–H groups in total. The van der Waals surface area contributed by atoms with E-state index in [2.05, 4.69) is 10.5 Å². The molecular formula is C15H17ClN2O2. The molecule has 0 saturated carbocycles. The van der Waals surface area contributed by atoms with Crippen LogP contribution in [0.25, 0.3) is 11.3 Å². The summed E-state index contributed by atoms with van der Waals surface area (Å²) in [6, 6.07) is 10.1. The summed E-state index contributed by atoms with van der Waals surface area (Å²) in [4.78, 5) is 0. The van der Waals surface area contributed by atoms with Gasteiger partial charge >= 0.3 is 0 Å². The maximum absolute atomic E-state index is 6.16. The normalized spacial score (nSPS) is 16.4. The summed E-state index contributed by atoms with van der Waals surface area (Å²) in [5.41, 5.74) is 1.68. The number of benzene rings is 1. The number of aromatic nitrogens is 1. The molecule has 0 amide bonds. The molecule has 0 spiro atoms. The molecule has 0 atom stereocenters. The third-order valence-electron chi connectivity index (χ3n) is 3.50. The highest BCUT2D eigenvalue weighted by Crippen LogP contribution is 2.26. The summed E-state index contributed by atoms with van der Waals surface area (Å²) in [6.07, 6.45) is 2.09. The monoisotopic (exact) mass is 292 g/mol. The number of halogens is 1. The van der Waals surface area contributed by atoms with E-state index < -0.39 is 0 Å². The summed E-state index contributed by atoms with van der Waals surface area (Å²) in [6.45, 7) is 2.35. The maximum Gasteiger partial charge on any atom is 0.151 e. The molecule has 0 radical (unpaired) electrons. The molecule has 0 unspecified atom stereocenters. The van der Waals surface area contributed by atoms with Gasteiger partial charge in [-0.25, -0.2) is 0 Å². The van der Waals surface area contributed by atoms with Gasteiger partial charge in [-0.3, -0.25) is 0 Å². The van der Waals surface area contributed by atoms with Crippen LogP contribution < -0.4 is 5.32 Å². The van der Waals surface area contributed by atoms with Crippen LogP contribution in [0.2, 0.25) is 5.02 Å². The minimum atomic E-state index is 0.498. The number of hydrogen-bond acceptors (Lipinski definition) is 4. The molecule has 2 aromatic rings. The smallest absolute Gasteiger partial charge is 0.151 e. The van der Waals surface area contributed by atoms with Gasteiger partial charge < -0.3 is 14.6 Å². The zero-order valence-electron chi connectivity index (χ0n) is 11.1. The zero-order valence-corrected chi connectivity index (χ0v) is 11.9. The Morgan fingerprint density at radius 3 is 2.85 bits per heavy atom. The fourth-order valence-electron chi connectivity index (χ4n) is 2.34. The summed E-state index contributed by atoms with van der Waals surface area (Å²) >= 11 is 6.16. The number of nitrogens with zero attached hydrogens (tertiary/aromatic N) is 1. The molecule has 0 bridgehead atoms. The van der Waals surface area contributed by atoms with Crippen molar-refractivity contribution in [1.29, 1.82) is 0 Å². The second kappa shape index (κ2) is 6.39. The van der Waals surface area contributed by atoms with Gasteiger partial charge in [-0.05, 0) is 18.9 Å². The summed E-state index contributed by atoms with van der Waals surface area (Å²) in [5.74, 6) is 0.825. The first-order valence-corrected chi connectivity index (χ1v) is 7.22. The van der Waals surface area contributed by atoms with E-state index >= 15 is 0 Å². The Morgan fingerprint density at radius 1 is 1.25 bits per heavy atom. The highest BCUT2D eigenvalue weighted by Gasteiger charge is 2.14. The van der Waals surface area contributed by atoms with Crippen molar-refractivity contribution in [1.82, 2.24) is 10.5 Å². The molecule has 20 heavy (non-hydrogen) atoms. The van der Waals surface area contributed by atoms with Gasteiger partial charge in [0.05, 0.1) is 11.6 Å². The van der Waals surface area contributed by atoms with E-state index in [9.17, 15) is 0 Å². The van der Waals surface area contributed by atoms with E-state index in [1.165, 1.54) is 0 Å². The number of hydrogen-bond donors (Lipinski definition) is 1. The molecular weight excluding hydrogens is 276 g/mol. The van der Waals surface area contributed by atoms with Crippen molar-refractivity contribution in [2.24, 2.45) is 0 Å². The lowest BCUT2D eigenvalue weighted by molar-refractivity contribution is 0.0769. The lowest BCUT2D eigenvalue weighted by Crippen LogP contribution is -2.34. The molecule has 0 aliphatic carbocycles. The first-order chi connectivity index (χ1) is 9.83. The first-order valence-electron chi connectivity index (χ1n) is 6.84. The van der Waals surface area contributed by atoms with Crippen molar-refractivity contribution in [3.63, 3.8) is 0 Å². The quantitative estimate of drug-likeness (QED) is 0.939. The molecule has 4 nitrogen and oxygen atoms in total. The van der Waals surface area contributed by atoms with Crippen LogP contribution in [0.4, 0.5) is 0 Å². The van der Waals surface area contributed by atoms with Crippen molar-refractivity contribution in [3.8, 4) is 11.3 Å². The predicted molar refractivity (Wildman–Crippen MR) is 77.6 cm³/mol. The second-order valence-corrected chi connectivity index (χ2v) is 5.33. The lowest BCUT2D eigenvalue weighted by Gasteiger charge is -2.22. The van der Waals surface area contributed by atoms with Crippen molar-refractivity contribution in [2.75, 3.05) is 13.2 Å². The number of nitrogens with one attached hydrogen (secondary N) is 1. The topological polar surface area (TPSA) is 47.3 Å². The third-order valence-corrected chi connectivity index (χ3v) is 3.82. The van der Waals surface area contributed by atoms with Crippen LogP contribution in [-0.4, -0.2) is 24.4 Å². The molecule has 2 heterocycles. The zero-order chi connectivity index (χ0) is 13.8. The van der Waals surface area contributed by atoms with Gasteiger partial charge in [0.2, 0.25) is 0 Å². The maximum atomic E-state index is 6.16. The van der Waals surface area contributed by atoms with Gasteiger partial charge in [-0.1, -0.05) is 35.0 Å². The van der Waals surface area contributed by atoms with E-state index in [0.29, 0.717) is 17.6 Å². The summed E-state index contributed by atoms with van der Waals surface area (Å²) in [7, 11) is 0. The van der Waals surface area contributed by atoms with E-state index in [0.717, 1.165) is 43.1 Å². The minimum Gasteiger partial charge on any atom is -0.381 e. The van der Waals surface area contributed by atoms with Gasteiger partial charge in [0.15, 0.2) is 5.76 Å². The summed E-state index contributed by atoms with van der Waals surface area (Å²) in [5, 5.41) is 8.24. The molecule has 5 heteroatoms. The van der Waals surface area contributed by atoms with Crippen molar-refractivity contribution < 1.29 is 9.26 Å². The van der Waals surface area contributed by atoms with Crippen LogP contribution in [0.15, 0.2) is 34.9 Å². The second-order valence-electron chi connectivity index (χ2n) is 4.93. The van der Waals surface area contributed by atoms with Gasteiger partial charge in [0, 0.05) is 30.9 Å². The van der Waals surface area contributed by atoms with Crippen LogP contribution in [0, 0.1) is 0 Å². The first kappa shape index (κ1) is 13.6. The summed E-state index contributed by atoms with van der Waals surface area (Å²) < 4.78 is 10.7. The SMILES string of the molecule is Clc1ccccc1-c1cc(CNC2CCOCC2)on1. The number of rotatable bonds is 4. The Balaban J connectivity index is 1.63. The Labute approximate surface area is 123 Å². The molecule has 1 saturated heterocycles. The van der Waals surface area contributed by atoms with Crippen LogP contribution in [0.3, 0.4) is 0 Å². The van der Waals surface area contributed by atoms with Crippen molar-refractivity contribution in [3.05, 3.63) is 41.1 Å². The van der Waals surface area contributed by atoms with E-state index in [4.69, 9.17) is 20.9 Å². The fraction of sp³-hybridized carbons (Fsp3) is 0.400. The lowest BCUT2D eigenvalue weighted by atomic mass is 10.1. The van der Waals surface area contributed by atoms with Gasteiger partial charge in [0.25, 0.3) is 0 Å². The Morgan fingerprint density at radius 2 is 2.05 bits per heavy atom. The highest BCUT2D eigenvalue weighted by molar-refractivity contribution is 6.33. The van der Waals surface area contributed by atoms with Gasteiger partial charge in [-0.15, -0.1) is 0 Å². The third kappa shape index (κ3) is 3.20. The van der Waals surface area contributed by atoms with Gasteiger partial charge in [0.1, 0.15) is 5.69 Å². The predicted octanol–water partition coefficient (Wildman–Crippen LogP) is 3.26. The Kier molecular flexibility index (Phi) is 4.35. The Bertz CT molecular complexity index is 565. The van der Waals surface area contributed by atoms with Crippen LogP contribution >= 0.6 is 11.6 Å². The molecule has 106 valence electrons. The van der Waals surface area contributed by atoms with Crippen molar-refractivity contribution >= 4 is 11.6 Å². The molecule has 1 aliphatic heterocycles. The minimum absolute atomic E-state index is 0.498. The standard InChI is InChI=1S/C15H17ClN2O2/c16-14-4-2-1-3-13(14)15-9-12(20-18-15)10-17-11-5-7-19-8-6-11/h1-4,9,11,17H,5-8,10H2.